The Labute approximate surface area is 204 Å². The number of non-ortho nitro benzene ring substituents is 1. The zero-order chi connectivity index (χ0) is 25.2. The van der Waals surface area contributed by atoms with Gasteiger partial charge in [0.2, 0.25) is 10.0 Å². The van der Waals surface area contributed by atoms with Crippen molar-refractivity contribution in [2.75, 3.05) is 20.2 Å². The molecule has 4 rings (SSSR count). The predicted octanol–water partition coefficient (Wildman–Crippen LogP) is 2.31. The van der Waals surface area contributed by atoms with E-state index in [-0.39, 0.29) is 28.5 Å². The first kappa shape index (κ1) is 24.7. The molecule has 2 heterocycles. The number of fused-ring (bicyclic) bond motifs is 1. The van der Waals surface area contributed by atoms with Crippen molar-refractivity contribution >= 4 is 49.1 Å². The van der Waals surface area contributed by atoms with Crippen molar-refractivity contribution in [3.63, 3.8) is 0 Å². The molecule has 0 aliphatic carbocycles. The topological polar surface area (TPSA) is 141 Å². The van der Waals surface area contributed by atoms with Crippen molar-refractivity contribution < 1.29 is 27.7 Å². The van der Waals surface area contributed by atoms with E-state index in [2.05, 4.69) is 4.99 Å². The summed E-state index contributed by atoms with van der Waals surface area (Å²) in [5, 5.41) is 11.2. The third kappa shape index (κ3) is 5.16. The monoisotopic (exact) mass is 518 g/mol. The molecule has 0 N–H and O–H groups in total. The fourth-order valence-electron chi connectivity index (χ4n) is 3.90. The Balaban J connectivity index is 1.67. The summed E-state index contributed by atoms with van der Waals surface area (Å²) in [5.41, 5.74) is 0.366. The maximum atomic E-state index is 13.1. The molecule has 0 saturated carbocycles. The fraction of sp³-hybridized carbons (Fsp3) is 0.318. The van der Waals surface area contributed by atoms with Gasteiger partial charge >= 0.3 is 5.97 Å². The largest absolute Gasteiger partial charge is 0.468 e. The van der Waals surface area contributed by atoms with Crippen LogP contribution in [0, 0.1) is 16.0 Å². The Bertz CT molecular complexity index is 1460. The smallest absolute Gasteiger partial charge is 0.325 e. The highest BCUT2D eigenvalue weighted by Crippen LogP contribution is 2.26. The first-order valence-corrected chi connectivity index (χ1v) is 12.9. The van der Waals surface area contributed by atoms with Crippen molar-refractivity contribution in [1.29, 1.82) is 0 Å². The zero-order valence-electron chi connectivity index (χ0n) is 18.7. The molecule has 1 aliphatic heterocycles. The summed E-state index contributed by atoms with van der Waals surface area (Å²) < 4.78 is 34.0. The molecule has 0 radical (unpaired) electrons. The number of hydrogen-bond acceptors (Lipinski definition) is 8. The molecule has 1 aromatic heterocycles. The van der Waals surface area contributed by atoms with Gasteiger partial charge in [0.05, 0.1) is 33.1 Å². The molecule has 13 heteroatoms. The lowest BCUT2D eigenvalue weighted by Gasteiger charge is -2.30. The molecule has 11 nitrogen and oxygen atoms in total. The van der Waals surface area contributed by atoms with Gasteiger partial charge in [-0.2, -0.15) is 9.30 Å². The van der Waals surface area contributed by atoms with Gasteiger partial charge in [0.1, 0.15) is 6.54 Å². The molecule has 0 bridgehead atoms. The van der Waals surface area contributed by atoms with Gasteiger partial charge in [0.15, 0.2) is 4.80 Å². The number of esters is 1. The number of rotatable bonds is 6. The molecule has 1 amide bonds. The van der Waals surface area contributed by atoms with E-state index >= 15 is 0 Å². The number of amides is 1. The molecule has 35 heavy (non-hydrogen) atoms. The number of benzene rings is 2. The molecule has 1 atom stereocenters. The summed E-state index contributed by atoms with van der Waals surface area (Å²) in [6.07, 6.45) is 0.968. The van der Waals surface area contributed by atoms with Crippen LogP contribution in [0.25, 0.3) is 10.2 Å². The van der Waals surface area contributed by atoms with E-state index in [1.54, 1.807) is 18.2 Å². The van der Waals surface area contributed by atoms with E-state index in [1.807, 2.05) is 0 Å². The lowest BCUT2D eigenvalue weighted by Crippen LogP contribution is -2.42. The quantitative estimate of drug-likeness (QED) is 0.277. The Morgan fingerprint density at radius 1 is 1.23 bits per heavy atom. The minimum atomic E-state index is -3.75. The SMILES string of the molecule is COC(=O)Cn1c(=NC(=O)C2CCCN(S(=O)(=O)c3ccccc3)C2)sc2cc([N+](=O)[O-])ccc21. The normalized spacial score (nSPS) is 17.4. The number of nitrogens with zero attached hydrogens (tertiary/aromatic N) is 4. The number of carbonyl (C=O) groups excluding carboxylic acids is 2. The number of piperidine rings is 1. The molecule has 1 unspecified atom stereocenters. The maximum Gasteiger partial charge on any atom is 0.325 e. The average Bonchev–Trinajstić information content (AvgIpc) is 3.20. The number of methoxy groups -OCH3 is 1. The van der Waals surface area contributed by atoms with Crippen LogP contribution < -0.4 is 4.80 Å². The summed E-state index contributed by atoms with van der Waals surface area (Å²) in [4.78, 5) is 40.3. The number of hydrogen-bond donors (Lipinski definition) is 0. The van der Waals surface area contributed by atoms with Crippen LogP contribution in [0.4, 0.5) is 5.69 Å². The molecule has 184 valence electrons. The number of thiazole rings is 1. The third-order valence-electron chi connectivity index (χ3n) is 5.71. The van der Waals surface area contributed by atoms with Crippen molar-refractivity contribution in [2.24, 2.45) is 10.9 Å². The van der Waals surface area contributed by atoms with E-state index in [4.69, 9.17) is 4.74 Å². The molecule has 0 spiro atoms. The minimum Gasteiger partial charge on any atom is -0.468 e. The van der Waals surface area contributed by atoms with Crippen LogP contribution in [0.3, 0.4) is 0 Å². The summed E-state index contributed by atoms with van der Waals surface area (Å²) in [6.45, 7) is 0.0580. The third-order valence-corrected chi connectivity index (χ3v) is 8.63. The van der Waals surface area contributed by atoms with Crippen LogP contribution in [0.2, 0.25) is 0 Å². The fourth-order valence-corrected chi connectivity index (χ4v) is 6.51. The van der Waals surface area contributed by atoms with Gasteiger partial charge in [-0.1, -0.05) is 29.5 Å². The number of carbonyl (C=O) groups is 2. The van der Waals surface area contributed by atoms with Gasteiger partial charge in [-0.05, 0) is 31.0 Å². The zero-order valence-corrected chi connectivity index (χ0v) is 20.3. The van der Waals surface area contributed by atoms with Crippen LogP contribution in [-0.4, -0.2) is 54.3 Å². The van der Waals surface area contributed by atoms with Crippen LogP contribution in [0.15, 0.2) is 58.4 Å². The Kier molecular flexibility index (Phi) is 7.10. The van der Waals surface area contributed by atoms with Crippen molar-refractivity contribution in [2.45, 2.75) is 24.3 Å². The second-order valence-corrected chi connectivity index (χ2v) is 10.9. The van der Waals surface area contributed by atoms with E-state index in [0.717, 1.165) is 11.3 Å². The highest BCUT2D eigenvalue weighted by Gasteiger charge is 2.33. The van der Waals surface area contributed by atoms with Gasteiger partial charge in [0, 0.05) is 25.2 Å². The Morgan fingerprint density at radius 2 is 1.97 bits per heavy atom. The number of nitro groups is 1. The van der Waals surface area contributed by atoms with Gasteiger partial charge in [-0.3, -0.25) is 19.7 Å². The van der Waals surface area contributed by atoms with Crippen LogP contribution in [-0.2, 0) is 30.9 Å². The second-order valence-electron chi connectivity index (χ2n) is 7.92. The van der Waals surface area contributed by atoms with Crippen molar-refractivity contribution in [3.05, 3.63) is 63.4 Å². The van der Waals surface area contributed by atoms with E-state index < -0.39 is 32.7 Å². The summed E-state index contributed by atoms with van der Waals surface area (Å²) >= 11 is 1.03. The van der Waals surface area contributed by atoms with Gasteiger partial charge < -0.3 is 9.30 Å². The number of aromatic nitrogens is 1. The van der Waals surface area contributed by atoms with Gasteiger partial charge in [-0.15, -0.1) is 0 Å². The maximum absolute atomic E-state index is 13.1. The van der Waals surface area contributed by atoms with E-state index in [9.17, 15) is 28.1 Å². The molecule has 2 aromatic carbocycles. The van der Waals surface area contributed by atoms with Crippen LogP contribution in [0.1, 0.15) is 12.8 Å². The standard InChI is InChI=1S/C22H22N4O7S2/c1-33-20(27)14-25-18-10-9-16(26(29)30)12-19(18)34-22(25)23-21(28)15-6-5-11-24(13-15)35(31,32)17-7-3-2-4-8-17/h2-4,7-10,12,15H,5-6,11,13-14H2,1H3. The van der Waals surface area contributed by atoms with Gasteiger partial charge in [0.25, 0.3) is 11.6 Å². The average molecular weight is 519 g/mol. The summed E-state index contributed by atoms with van der Waals surface area (Å²) in [7, 11) is -2.52. The molecule has 3 aromatic rings. The van der Waals surface area contributed by atoms with Crippen LogP contribution in [0.5, 0.6) is 0 Å². The molecule has 1 fully saturated rings. The molecular weight excluding hydrogens is 496 g/mol. The Morgan fingerprint density at radius 3 is 2.66 bits per heavy atom. The predicted molar refractivity (Wildman–Crippen MR) is 127 cm³/mol. The highest BCUT2D eigenvalue weighted by molar-refractivity contribution is 7.89. The molecule has 1 saturated heterocycles. The number of sulfonamides is 1. The Hall–Kier alpha value is -3.42. The minimum absolute atomic E-state index is 0.00701. The second kappa shape index (κ2) is 10.1. The lowest BCUT2D eigenvalue weighted by molar-refractivity contribution is -0.384. The first-order chi connectivity index (χ1) is 16.7. The first-order valence-electron chi connectivity index (χ1n) is 10.7. The van der Waals surface area contributed by atoms with Crippen molar-refractivity contribution in [1.82, 2.24) is 8.87 Å². The van der Waals surface area contributed by atoms with Crippen molar-refractivity contribution in [3.8, 4) is 0 Å². The van der Waals surface area contributed by atoms with E-state index in [0.29, 0.717) is 29.6 Å². The summed E-state index contributed by atoms with van der Waals surface area (Å²) in [5.74, 6) is -1.75. The van der Waals surface area contributed by atoms with Gasteiger partial charge in [-0.25, -0.2) is 8.42 Å². The molecule has 1 aliphatic rings. The summed E-state index contributed by atoms with van der Waals surface area (Å²) in [6, 6.07) is 12.2. The van der Waals surface area contributed by atoms with E-state index in [1.165, 1.54) is 46.3 Å². The highest BCUT2D eigenvalue weighted by atomic mass is 32.2. The molecular formula is C22H22N4O7S2. The lowest BCUT2D eigenvalue weighted by atomic mass is 9.99. The number of ether oxygens (including phenoxy) is 1. The number of nitro benzene ring substituents is 1. The van der Waals surface area contributed by atoms with Crippen LogP contribution >= 0.6 is 11.3 Å².